The second kappa shape index (κ2) is 6.13. The number of piperazine rings is 1. The predicted molar refractivity (Wildman–Crippen MR) is 83.4 cm³/mol. The molecule has 0 bridgehead atoms. The number of hydrogen-bond acceptors (Lipinski definition) is 2. The summed E-state index contributed by atoms with van der Waals surface area (Å²) in [5.74, 6) is 1.51. The molecule has 2 heteroatoms. The summed E-state index contributed by atoms with van der Waals surface area (Å²) < 4.78 is 0. The lowest BCUT2D eigenvalue weighted by molar-refractivity contribution is 0.0634. The van der Waals surface area contributed by atoms with E-state index in [1.807, 2.05) is 0 Å². The molecule has 1 saturated heterocycles. The second-order valence-corrected chi connectivity index (χ2v) is 7.75. The Morgan fingerprint density at radius 1 is 1.16 bits per heavy atom. The first-order valence-corrected chi connectivity index (χ1v) is 8.45. The van der Waals surface area contributed by atoms with E-state index in [0.29, 0.717) is 11.5 Å². The maximum absolute atomic E-state index is 3.78. The van der Waals surface area contributed by atoms with Gasteiger partial charge in [0.2, 0.25) is 0 Å². The first kappa shape index (κ1) is 15.3. The third-order valence-electron chi connectivity index (χ3n) is 5.34. The van der Waals surface area contributed by atoms with Gasteiger partial charge in [0.1, 0.15) is 0 Å². The minimum absolute atomic E-state index is 0.687. The molecule has 2 aliphatic rings. The van der Waals surface area contributed by atoms with Gasteiger partial charge in [-0.25, -0.2) is 0 Å². The fourth-order valence-electron chi connectivity index (χ4n) is 3.76. The zero-order valence-electron chi connectivity index (χ0n) is 13.7. The fourth-order valence-corrected chi connectivity index (χ4v) is 3.76. The molecule has 2 atom stereocenters. The van der Waals surface area contributed by atoms with Gasteiger partial charge in [-0.2, -0.15) is 0 Å². The minimum Gasteiger partial charge on any atom is -0.311 e. The zero-order valence-corrected chi connectivity index (χ0v) is 13.7. The molecule has 1 aliphatic heterocycles. The highest BCUT2D eigenvalue weighted by molar-refractivity contribution is 4.99. The van der Waals surface area contributed by atoms with E-state index >= 15 is 0 Å². The quantitative estimate of drug-likeness (QED) is 0.791. The largest absolute Gasteiger partial charge is 0.311 e. The van der Waals surface area contributed by atoms with E-state index in [-0.39, 0.29) is 0 Å². The standard InChI is InChI=1S/C17H34N2/c1-6-7-17(8-9-17)12-19-11-15(13(2)3)18-10-16(19)14(4)5/h13-16,18H,6-12H2,1-5H3. The summed E-state index contributed by atoms with van der Waals surface area (Å²) in [6.45, 7) is 15.6. The fraction of sp³-hybridized carbons (Fsp3) is 1.00. The topological polar surface area (TPSA) is 15.3 Å². The molecule has 2 rings (SSSR count). The molecule has 2 unspecified atom stereocenters. The smallest absolute Gasteiger partial charge is 0.0244 e. The zero-order chi connectivity index (χ0) is 14.0. The van der Waals surface area contributed by atoms with Crippen molar-refractivity contribution in [2.75, 3.05) is 19.6 Å². The maximum atomic E-state index is 3.78. The van der Waals surface area contributed by atoms with Gasteiger partial charge in [0, 0.05) is 31.7 Å². The third kappa shape index (κ3) is 3.72. The molecule has 2 nitrogen and oxygen atoms in total. The van der Waals surface area contributed by atoms with Crippen LogP contribution in [0.3, 0.4) is 0 Å². The summed E-state index contributed by atoms with van der Waals surface area (Å²) in [4.78, 5) is 2.83. The molecule has 0 aromatic carbocycles. The van der Waals surface area contributed by atoms with E-state index < -0.39 is 0 Å². The number of nitrogens with zero attached hydrogens (tertiary/aromatic N) is 1. The molecular weight excluding hydrogens is 232 g/mol. The Morgan fingerprint density at radius 2 is 1.84 bits per heavy atom. The molecule has 0 spiro atoms. The van der Waals surface area contributed by atoms with Gasteiger partial charge < -0.3 is 5.32 Å². The van der Waals surface area contributed by atoms with E-state index in [1.165, 1.54) is 45.3 Å². The van der Waals surface area contributed by atoms with E-state index in [0.717, 1.165) is 17.9 Å². The molecule has 0 aromatic rings. The van der Waals surface area contributed by atoms with Crippen LogP contribution in [0, 0.1) is 17.3 Å². The van der Waals surface area contributed by atoms with Crippen LogP contribution in [0.4, 0.5) is 0 Å². The molecule has 0 aromatic heterocycles. The maximum Gasteiger partial charge on any atom is 0.0244 e. The Balaban J connectivity index is 1.99. The highest BCUT2D eigenvalue weighted by atomic mass is 15.2. The summed E-state index contributed by atoms with van der Waals surface area (Å²) in [7, 11) is 0. The van der Waals surface area contributed by atoms with Gasteiger partial charge in [-0.05, 0) is 36.5 Å². The van der Waals surface area contributed by atoms with E-state index in [1.54, 1.807) is 0 Å². The first-order valence-electron chi connectivity index (χ1n) is 8.45. The Bertz CT molecular complexity index is 281. The van der Waals surface area contributed by atoms with Crippen molar-refractivity contribution in [3.8, 4) is 0 Å². The molecule has 2 fully saturated rings. The molecule has 0 amide bonds. The van der Waals surface area contributed by atoms with Crippen molar-refractivity contribution >= 4 is 0 Å². The molecule has 0 radical (unpaired) electrons. The lowest BCUT2D eigenvalue weighted by Crippen LogP contribution is -2.60. The van der Waals surface area contributed by atoms with Crippen LogP contribution in [0.2, 0.25) is 0 Å². The van der Waals surface area contributed by atoms with Crippen molar-refractivity contribution in [2.45, 2.75) is 72.4 Å². The lowest BCUT2D eigenvalue weighted by Gasteiger charge is -2.45. The van der Waals surface area contributed by atoms with Crippen molar-refractivity contribution < 1.29 is 0 Å². The normalized spacial score (nSPS) is 31.1. The van der Waals surface area contributed by atoms with Gasteiger partial charge >= 0.3 is 0 Å². The average molecular weight is 266 g/mol. The Labute approximate surface area is 120 Å². The van der Waals surface area contributed by atoms with Gasteiger partial charge in [0.15, 0.2) is 0 Å². The van der Waals surface area contributed by atoms with Crippen LogP contribution >= 0.6 is 0 Å². The van der Waals surface area contributed by atoms with Crippen LogP contribution in [0.1, 0.15) is 60.3 Å². The van der Waals surface area contributed by atoms with Gasteiger partial charge in [-0.1, -0.05) is 41.0 Å². The summed E-state index contributed by atoms with van der Waals surface area (Å²) in [6, 6.07) is 1.43. The minimum atomic E-state index is 0.687. The van der Waals surface area contributed by atoms with Crippen LogP contribution in [0.5, 0.6) is 0 Å². The van der Waals surface area contributed by atoms with Crippen LogP contribution in [-0.4, -0.2) is 36.6 Å². The van der Waals surface area contributed by atoms with Gasteiger partial charge in [-0.3, -0.25) is 4.90 Å². The van der Waals surface area contributed by atoms with Crippen molar-refractivity contribution in [1.29, 1.82) is 0 Å². The van der Waals surface area contributed by atoms with Gasteiger partial charge in [-0.15, -0.1) is 0 Å². The molecule has 1 aliphatic carbocycles. The number of rotatable bonds is 6. The number of nitrogens with one attached hydrogen (secondary N) is 1. The number of hydrogen-bond donors (Lipinski definition) is 1. The summed E-state index contributed by atoms with van der Waals surface area (Å²) in [5.41, 5.74) is 0.695. The highest BCUT2D eigenvalue weighted by Gasteiger charge is 2.45. The van der Waals surface area contributed by atoms with Gasteiger partial charge in [0.05, 0.1) is 0 Å². The van der Waals surface area contributed by atoms with Crippen molar-refractivity contribution in [3.05, 3.63) is 0 Å². The summed E-state index contributed by atoms with van der Waals surface area (Å²) in [6.07, 6.45) is 5.74. The second-order valence-electron chi connectivity index (χ2n) is 7.75. The molecule has 1 heterocycles. The summed E-state index contributed by atoms with van der Waals surface area (Å²) in [5, 5.41) is 3.78. The predicted octanol–water partition coefficient (Wildman–Crippen LogP) is 3.52. The monoisotopic (exact) mass is 266 g/mol. The molecule has 112 valence electrons. The van der Waals surface area contributed by atoms with Crippen LogP contribution in [0.15, 0.2) is 0 Å². The highest BCUT2D eigenvalue weighted by Crippen LogP contribution is 2.50. The van der Waals surface area contributed by atoms with E-state index in [4.69, 9.17) is 0 Å². The average Bonchev–Trinajstić information content (AvgIpc) is 3.08. The first-order chi connectivity index (χ1) is 8.97. The SMILES string of the molecule is CCCC1(CN2CC(C(C)C)NCC2C(C)C)CC1. The van der Waals surface area contributed by atoms with Crippen LogP contribution < -0.4 is 5.32 Å². The molecule has 1 saturated carbocycles. The van der Waals surface area contributed by atoms with Crippen LogP contribution in [-0.2, 0) is 0 Å². The van der Waals surface area contributed by atoms with Crippen molar-refractivity contribution in [2.24, 2.45) is 17.3 Å². The van der Waals surface area contributed by atoms with E-state index in [2.05, 4.69) is 44.8 Å². The molecular formula is C17H34N2. The molecule has 19 heavy (non-hydrogen) atoms. The Morgan fingerprint density at radius 3 is 2.32 bits per heavy atom. The molecule has 1 N–H and O–H groups in total. The van der Waals surface area contributed by atoms with E-state index in [9.17, 15) is 0 Å². The third-order valence-corrected chi connectivity index (χ3v) is 5.34. The summed E-state index contributed by atoms with van der Waals surface area (Å²) >= 11 is 0. The van der Waals surface area contributed by atoms with Crippen molar-refractivity contribution in [1.82, 2.24) is 10.2 Å². The van der Waals surface area contributed by atoms with Gasteiger partial charge in [0.25, 0.3) is 0 Å². The lowest BCUT2D eigenvalue weighted by atomic mass is 9.91. The van der Waals surface area contributed by atoms with Crippen LogP contribution in [0.25, 0.3) is 0 Å². The Hall–Kier alpha value is -0.0800. The Kier molecular flexibility index (Phi) is 4.94. The van der Waals surface area contributed by atoms with Crippen molar-refractivity contribution in [3.63, 3.8) is 0 Å².